The van der Waals surface area contributed by atoms with Crippen LogP contribution in [0.4, 0.5) is 0 Å². The van der Waals surface area contributed by atoms with E-state index in [1.54, 1.807) is 18.9 Å². The van der Waals surface area contributed by atoms with Crippen molar-refractivity contribution in [2.75, 3.05) is 25.7 Å². The number of methoxy groups -OCH3 is 1. The second-order valence-corrected chi connectivity index (χ2v) is 6.63. The quantitative estimate of drug-likeness (QED) is 0.813. The van der Waals surface area contributed by atoms with Crippen LogP contribution >= 0.6 is 34.7 Å². The minimum Gasteiger partial charge on any atom is -0.497 e. The summed E-state index contributed by atoms with van der Waals surface area (Å²) in [5.74, 6) is 1.68. The summed E-state index contributed by atoms with van der Waals surface area (Å²) in [6, 6.07) is 5.66. The molecule has 0 atom stereocenters. The Morgan fingerprint density at radius 3 is 3.00 bits per heavy atom. The van der Waals surface area contributed by atoms with E-state index in [0.29, 0.717) is 16.4 Å². The topological polar surface area (TPSA) is 38.3 Å². The number of fused-ring (bicyclic) bond motifs is 1. The average molecular weight is 330 g/mol. The van der Waals surface area contributed by atoms with E-state index in [-0.39, 0.29) is 5.91 Å². The molecule has 2 aromatic rings. The molecule has 0 saturated carbocycles. The predicted molar refractivity (Wildman–Crippen MR) is 88.7 cm³/mol. The summed E-state index contributed by atoms with van der Waals surface area (Å²) in [7, 11) is 1.61. The van der Waals surface area contributed by atoms with Crippen LogP contribution in [-0.4, -0.2) is 31.6 Å². The number of halogens is 1. The van der Waals surface area contributed by atoms with Gasteiger partial charge >= 0.3 is 0 Å². The van der Waals surface area contributed by atoms with Crippen LogP contribution < -0.4 is 10.1 Å². The van der Waals surface area contributed by atoms with Crippen molar-refractivity contribution in [2.45, 2.75) is 6.42 Å². The van der Waals surface area contributed by atoms with Crippen molar-refractivity contribution >= 4 is 50.7 Å². The summed E-state index contributed by atoms with van der Waals surface area (Å²) in [5, 5.41) is 4.28. The first-order valence-electron chi connectivity index (χ1n) is 6.20. The van der Waals surface area contributed by atoms with Crippen LogP contribution in [0.15, 0.2) is 18.2 Å². The van der Waals surface area contributed by atoms with Crippen LogP contribution in [0.2, 0.25) is 5.02 Å². The molecule has 0 aliphatic carbocycles. The Balaban J connectivity index is 2.17. The van der Waals surface area contributed by atoms with Gasteiger partial charge < -0.3 is 10.1 Å². The lowest BCUT2D eigenvalue weighted by atomic mass is 10.2. The molecule has 0 spiro atoms. The number of carbonyl (C=O) groups is 1. The molecular formula is C14H16ClNO2S2. The predicted octanol–water partition coefficient (Wildman–Crippen LogP) is 4.05. The second kappa shape index (κ2) is 7.20. The van der Waals surface area contributed by atoms with E-state index in [4.69, 9.17) is 16.3 Å². The molecule has 0 fully saturated rings. The van der Waals surface area contributed by atoms with Gasteiger partial charge in [0.05, 0.1) is 12.1 Å². The van der Waals surface area contributed by atoms with Gasteiger partial charge in [0.25, 0.3) is 5.91 Å². The Morgan fingerprint density at radius 1 is 1.50 bits per heavy atom. The maximum atomic E-state index is 12.1. The maximum absolute atomic E-state index is 12.1. The van der Waals surface area contributed by atoms with Gasteiger partial charge in [-0.15, -0.1) is 11.3 Å². The standard InChI is InChI=1S/C14H16ClNO2S2/c1-18-9-4-5-11-10(8-9)12(15)13(20-11)14(17)16-6-3-7-19-2/h4-5,8H,3,6-7H2,1-2H3,(H,16,17). The number of thiophene rings is 1. The van der Waals surface area contributed by atoms with Crippen LogP contribution in [0.3, 0.4) is 0 Å². The van der Waals surface area contributed by atoms with E-state index < -0.39 is 0 Å². The first-order valence-corrected chi connectivity index (χ1v) is 8.79. The fraction of sp³-hybridized carbons (Fsp3) is 0.357. The fourth-order valence-corrected chi connectivity index (χ4v) is 3.66. The van der Waals surface area contributed by atoms with Crippen LogP contribution in [0.1, 0.15) is 16.1 Å². The van der Waals surface area contributed by atoms with E-state index in [9.17, 15) is 4.79 Å². The molecule has 0 bridgehead atoms. The first kappa shape index (κ1) is 15.5. The number of carbonyl (C=O) groups excluding carboxylic acids is 1. The average Bonchev–Trinajstić information content (AvgIpc) is 2.80. The molecule has 20 heavy (non-hydrogen) atoms. The number of rotatable bonds is 6. The van der Waals surface area contributed by atoms with Crippen molar-refractivity contribution in [3.63, 3.8) is 0 Å². The van der Waals surface area contributed by atoms with Gasteiger partial charge in [-0.2, -0.15) is 11.8 Å². The highest BCUT2D eigenvalue weighted by Crippen LogP contribution is 2.37. The Bertz CT molecular complexity index is 612. The van der Waals surface area contributed by atoms with Crippen molar-refractivity contribution in [1.29, 1.82) is 0 Å². The summed E-state index contributed by atoms with van der Waals surface area (Å²) in [6.45, 7) is 0.674. The fourth-order valence-electron chi connectivity index (χ4n) is 1.82. The first-order chi connectivity index (χ1) is 9.67. The van der Waals surface area contributed by atoms with Gasteiger partial charge in [0.2, 0.25) is 0 Å². The molecule has 6 heteroatoms. The van der Waals surface area contributed by atoms with Crippen LogP contribution in [0.5, 0.6) is 5.75 Å². The number of nitrogens with one attached hydrogen (secondary N) is 1. The normalized spacial score (nSPS) is 10.8. The molecular weight excluding hydrogens is 314 g/mol. The zero-order valence-electron chi connectivity index (χ0n) is 11.4. The summed E-state index contributed by atoms with van der Waals surface area (Å²) < 4.78 is 6.17. The Hall–Kier alpha value is -0.910. The van der Waals surface area contributed by atoms with Crippen molar-refractivity contribution in [2.24, 2.45) is 0 Å². The number of hydrogen-bond donors (Lipinski definition) is 1. The van der Waals surface area contributed by atoms with Gasteiger partial charge in [0, 0.05) is 16.6 Å². The molecule has 3 nitrogen and oxygen atoms in total. The molecule has 2 rings (SSSR count). The Labute approximate surface area is 131 Å². The highest BCUT2D eigenvalue weighted by atomic mass is 35.5. The third kappa shape index (κ3) is 3.40. The molecule has 108 valence electrons. The van der Waals surface area contributed by atoms with E-state index in [1.807, 2.05) is 18.2 Å². The molecule has 0 unspecified atom stereocenters. The largest absolute Gasteiger partial charge is 0.497 e. The minimum atomic E-state index is -0.101. The van der Waals surface area contributed by atoms with E-state index in [1.165, 1.54) is 11.3 Å². The molecule has 0 radical (unpaired) electrons. The summed E-state index contributed by atoms with van der Waals surface area (Å²) >= 11 is 9.49. The molecule has 0 aliphatic heterocycles. The van der Waals surface area contributed by atoms with Crippen LogP contribution in [0, 0.1) is 0 Å². The number of benzene rings is 1. The molecule has 1 heterocycles. The van der Waals surface area contributed by atoms with Gasteiger partial charge in [-0.3, -0.25) is 4.79 Å². The number of thioether (sulfide) groups is 1. The van der Waals surface area contributed by atoms with Crippen LogP contribution in [-0.2, 0) is 0 Å². The van der Waals surface area contributed by atoms with Crippen molar-refractivity contribution in [1.82, 2.24) is 5.32 Å². The summed E-state index contributed by atoms with van der Waals surface area (Å²) in [4.78, 5) is 12.7. The van der Waals surface area contributed by atoms with Crippen molar-refractivity contribution in [3.8, 4) is 5.75 Å². The van der Waals surface area contributed by atoms with Gasteiger partial charge in [-0.05, 0) is 36.6 Å². The monoisotopic (exact) mass is 329 g/mol. The van der Waals surface area contributed by atoms with E-state index in [2.05, 4.69) is 11.6 Å². The number of ether oxygens (including phenoxy) is 1. The molecule has 1 N–H and O–H groups in total. The lowest BCUT2D eigenvalue weighted by Crippen LogP contribution is -2.24. The lowest BCUT2D eigenvalue weighted by Gasteiger charge is -2.02. The van der Waals surface area contributed by atoms with Crippen molar-refractivity contribution < 1.29 is 9.53 Å². The second-order valence-electron chi connectivity index (χ2n) is 4.21. The Morgan fingerprint density at radius 2 is 2.30 bits per heavy atom. The maximum Gasteiger partial charge on any atom is 0.262 e. The molecule has 1 aromatic heterocycles. The zero-order valence-corrected chi connectivity index (χ0v) is 13.8. The summed E-state index contributed by atoms with van der Waals surface area (Å²) in [5.41, 5.74) is 0. The minimum absolute atomic E-state index is 0.101. The molecule has 0 aliphatic rings. The van der Waals surface area contributed by atoms with Gasteiger partial charge in [0.15, 0.2) is 0 Å². The highest BCUT2D eigenvalue weighted by molar-refractivity contribution is 7.98. The van der Waals surface area contributed by atoms with Crippen molar-refractivity contribution in [3.05, 3.63) is 28.1 Å². The van der Waals surface area contributed by atoms with E-state index >= 15 is 0 Å². The lowest BCUT2D eigenvalue weighted by molar-refractivity contribution is 0.0958. The zero-order chi connectivity index (χ0) is 14.5. The SMILES string of the molecule is COc1ccc2sc(C(=O)NCCCSC)c(Cl)c2c1. The third-order valence-electron chi connectivity index (χ3n) is 2.85. The van der Waals surface area contributed by atoms with Crippen LogP contribution in [0.25, 0.3) is 10.1 Å². The van der Waals surface area contributed by atoms with Gasteiger partial charge in [0.1, 0.15) is 10.6 Å². The highest BCUT2D eigenvalue weighted by Gasteiger charge is 2.17. The van der Waals surface area contributed by atoms with Gasteiger partial charge in [-0.25, -0.2) is 0 Å². The van der Waals surface area contributed by atoms with Gasteiger partial charge in [-0.1, -0.05) is 11.6 Å². The molecule has 1 aromatic carbocycles. The molecule has 1 amide bonds. The smallest absolute Gasteiger partial charge is 0.262 e. The van der Waals surface area contributed by atoms with E-state index in [0.717, 1.165) is 28.0 Å². The molecule has 0 saturated heterocycles. The number of amides is 1. The number of hydrogen-bond acceptors (Lipinski definition) is 4. The Kier molecular flexibility index (Phi) is 5.57. The summed E-state index contributed by atoms with van der Waals surface area (Å²) in [6.07, 6.45) is 3.02. The third-order valence-corrected chi connectivity index (χ3v) is 5.22.